The molecule has 2 aliphatic carbocycles. The van der Waals surface area contributed by atoms with Gasteiger partial charge < -0.3 is 0 Å². The van der Waals surface area contributed by atoms with Gasteiger partial charge in [0.15, 0.2) is 0 Å². The van der Waals surface area contributed by atoms with Crippen LogP contribution in [-0.2, 0) is 0 Å². The highest BCUT2D eigenvalue weighted by Gasteiger charge is 2.48. The quantitative estimate of drug-likeness (QED) is 0.651. The van der Waals surface area contributed by atoms with Crippen LogP contribution in [0.1, 0.15) is 30.9 Å². The Hall–Kier alpha value is -0.280. The number of hydrogen-bond donors (Lipinski definition) is 2. The summed E-state index contributed by atoms with van der Waals surface area (Å²) < 4.78 is 0. The van der Waals surface area contributed by atoms with Crippen molar-refractivity contribution >= 4 is 23.2 Å². The molecule has 1 aromatic carbocycles. The first-order chi connectivity index (χ1) is 8.20. The third kappa shape index (κ3) is 2.08. The van der Waals surface area contributed by atoms with E-state index in [0.29, 0.717) is 16.0 Å². The molecule has 0 spiro atoms. The van der Waals surface area contributed by atoms with Crippen LogP contribution in [0.2, 0.25) is 10.0 Å². The van der Waals surface area contributed by atoms with Gasteiger partial charge >= 0.3 is 0 Å². The van der Waals surface area contributed by atoms with Crippen molar-refractivity contribution < 1.29 is 0 Å². The van der Waals surface area contributed by atoms with Crippen molar-refractivity contribution in [3.8, 4) is 0 Å². The van der Waals surface area contributed by atoms with Crippen LogP contribution >= 0.6 is 23.2 Å². The highest BCUT2D eigenvalue weighted by Crippen LogP contribution is 2.57. The summed E-state index contributed by atoms with van der Waals surface area (Å²) in [6.07, 6.45) is 3.95. The second-order valence-corrected chi connectivity index (χ2v) is 6.06. The minimum absolute atomic E-state index is 0.133. The zero-order valence-electron chi connectivity index (χ0n) is 9.50. The molecular formula is C13H16Cl2N2. The van der Waals surface area contributed by atoms with E-state index < -0.39 is 0 Å². The first-order valence-electron chi connectivity index (χ1n) is 6.10. The fourth-order valence-corrected chi connectivity index (χ4v) is 3.70. The zero-order valence-corrected chi connectivity index (χ0v) is 11.0. The molecule has 1 aromatic rings. The lowest BCUT2D eigenvalue weighted by Gasteiger charge is -2.25. The highest BCUT2D eigenvalue weighted by atomic mass is 35.5. The van der Waals surface area contributed by atoms with Crippen LogP contribution in [-0.4, -0.2) is 0 Å². The maximum atomic E-state index is 6.27. The largest absolute Gasteiger partial charge is 0.271 e. The zero-order chi connectivity index (χ0) is 12.0. The van der Waals surface area contributed by atoms with Crippen LogP contribution in [0, 0.1) is 17.8 Å². The third-order valence-electron chi connectivity index (χ3n) is 4.25. The molecule has 3 rings (SSSR count). The molecule has 4 heteroatoms. The van der Waals surface area contributed by atoms with Gasteiger partial charge in [-0.15, -0.1) is 0 Å². The Morgan fingerprint density at radius 2 is 1.88 bits per heavy atom. The third-order valence-corrected chi connectivity index (χ3v) is 5.08. The van der Waals surface area contributed by atoms with Gasteiger partial charge in [-0.1, -0.05) is 35.3 Å². The van der Waals surface area contributed by atoms with Crippen LogP contribution in [0.3, 0.4) is 0 Å². The lowest BCUT2D eigenvalue weighted by atomic mass is 9.89. The van der Waals surface area contributed by atoms with Crippen LogP contribution in [0.5, 0.6) is 0 Å². The van der Waals surface area contributed by atoms with Crippen LogP contribution in [0.25, 0.3) is 0 Å². The lowest BCUT2D eigenvalue weighted by Crippen LogP contribution is -2.33. The first kappa shape index (κ1) is 11.8. The van der Waals surface area contributed by atoms with Crippen molar-refractivity contribution in [2.75, 3.05) is 0 Å². The van der Waals surface area contributed by atoms with Crippen molar-refractivity contribution in [1.82, 2.24) is 5.43 Å². The van der Waals surface area contributed by atoms with Crippen molar-refractivity contribution in [3.63, 3.8) is 0 Å². The normalized spacial score (nSPS) is 32.3. The van der Waals surface area contributed by atoms with Gasteiger partial charge in [-0.3, -0.25) is 11.3 Å². The molecule has 17 heavy (non-hydrogen) atoms. The van der Waals surface area contributed by atoms with Gasteiger partial charge in [-0.2, -0.15) is 0 Å². The highest BCUT2D eigenvalue weighted by molar-refractivity contribution is 6.42. The molecule has 0 aliphatic heterocycles. The second-order valence-electron chi connectivity index (χ2n) is 5.27. The summed E-state index contributed by atoms with van der Waals surface area (Å²) in [5.41, 5.74) is 3.96. The molecule has 0 bridgehead atoms. The summed E-state index contributed by atoms with van der Waals surface area (Å²) in [5, 5.41) is 1.24. The molecule has 0 heterocycles. The number of nitrogens with two attached hydrogens (primary N) is 1. The molecular weight excluding hydrogens is 255 g/mol. The minimum atomic E-state index is 0.133. The summed E-state index contributed by atoms with van der Waals surface area (Å²) in [7, 11) is 0. The number of fused-ring (bicyclic) bond motifs is 1. The summed E-state index contributed by atoms with van der Waals surface area (Å²) in [6.45, 7) is 0. The molecule has 2 aliphatic rings. The van der Waals surface area contributed by atoms with E-state index in [0.717, 1.165) is 17.4 Å². The summed E-state index contributed by atoms with van der Waals surface area (Å²) >= 11 is 12.3. The van der Waals surface area contributed by atoms with Crippen molar-refractivity contribution in [3.05, 3.63) is 33.8 Å². The van der Waals surface area contributed by atoms with E-state index in [9.17, 15) is 0 Å². The standard InChI is InChI=1S/C13H16Cl2N2/c14-11-3-1-2-10(12(11)15)13(17-16)9-5-7-4-8(7)6-9/h1-3,7-9,13,17H,4-6,16H2. The van der Waals surface area contributed by atoms with E-state index in [1.165, 1.54) is 19.3 Å². The summed E-state index contributed by atoms with van der Waals surface area (Å²) in [6, 6.07) is 5.90. The van der Waals surface area contributed by atoms with E-state index in [1.807, 2.05) is 18.2 Å². The SMILES string of the molecule is NNC(c1cccc(Cl)c1Cl)C1CC2CC2C1. The van der Waals surface area contributed by atoms with Gasteiger partial charge in [0.1, 0.15) is 0 Å². The second kappa shape index (κ2) is 4.43. The molecule has 0 aromatic heterocycles. The minimum Gasteiger partial charge on any atom is -0.271 e. The van der Waals surface area contributed by atoms with Gasteiger partial charge in [0.25, 0.3) is 0 Å². The van der Waals surface area contributed by atoms with Crippen LogP contribution in [0.15, 0.2) is 18.2 Å². The van der Waals surface area contributed by atoms with Gasteiger partial charge in [-0.05, 0) is 48.6 Å². The molecule has 92 valence electrons. The smallest absolute Gasteiger partial charge is 0.0640 e. The Morgan fingerprint density at radius 1 is 1.18 bits per heavy atom. The van der Waals surface area contributed by atoms with Gasteiger partial charge in [0.2, 0.25) is 0 Å². The Morgan fingerprint density at radius 3 is 2.53 bits per heavy atom. The Kier molecular flexibility index (Phi) is 3.07. The molecule has 3 unspecified atom stereocenters. The number of rotatable bonds is 3. The maximum absolute atomic E-state index is 6.27. The van der Waals surface area contributed by atoms with Crippen molar-refractivity contribution in [1.29, 1.82) is 0 Å². The molecule has 2 nitrogen and oxygen atoms in total. The van der Waals surface area contributed by atoms with E-state index in [1.54, 1.807) is 0 Å². The number of hydrogen-bond acceptors (Lipinski definition) is 2. The Balaban J connectivity index is 1.86. The summed E-state index contributed by atoms with van der Waals surface area (Å²) in [5.74, 6) is 8.19. The van der Waals surface area contributed by atoms with E-state index in [-0.39, 0.29) is 6.04 Å². The van der Waals surface area contributed by atoms with Gasteiger partial charge in [0, 0.05) is 0 Å². The first-order valence-corrected chi connectivity index (χ1v) is 6.86. The average Bonchev–Trinajstić information content (AvgIpc) is 2.93. The number of benzene rings is 1. The molecule has 3 N–H and O–H groups in total. The topological polar surface area (TPSA) is 38.0 Å². The van der Waals surface area contributed by atoms with Crippen LogP contribution in [0.4, 0.5) is 0 Å². The molecule has 0 saturated heterocycles. The predicted molar refractivity (Wildman–Crippen MR) is 70.8 cm³/mol. The molecule has 2 saturated carbocycles. The van der Waals surface area contributed by atoms with E-state index in [4.69, 9.17) is 29.0 Å². The molecule has 0 radical (unpaired) electrons. The summed E-state index contributed by atoms with van der Waals surface area (Å²) in [4.78, 5) is 0. The van der Waals surface area contributed by atoms with Crippen molar-refractivity contribution in [2.45, 2.75) is 25.3 Å². The lowest BCUT2D eigenvalue weighted by molar-refractivity contribution is 0.346. The number of hydrazine groups is 1. The fraction of sp³-hybridized carbons (Fsp3) is 0.538. The maximum Gasteiger partial charge on any atom is 0.0640 e. The molecule has 2 fully saturated rings. The van der Waals surface area contributed by atoms with Crippen molar-refractivity contribution in [2.24, 2.45) is 23.6 Å². The van der Waals surface area contributed by atoms with E-state index in [2.05, 4.69) is 5.43 Å². The van der Waals surface area contributed by atoms with Gasteiger partial charge in [0.05, 0.1) is 16.1 Å². The number of halogens is 2. The molecule has 3 atom stereocenters. The van der Waals surface area contributed by atoms with Gasteiger partial charge in [-0.25, -0.2) is 0 Å². The Labute approximate surface area is 111 Å². The Bertz CT molecular complexity index is 425. The predicted octanol–water partition coefficient (Wildman–Crippen LogP) is 3.54. The average molecular weight is 271 g/mol. The molecule has 0 amide bonds. The monoisotopic (exact) mass is 270 g/mol. The van der Waals surface area contributed by atoms with E-state index >= 15 is 0 Å². The van der Waals surface area contributed by atoms with Crippen LogP contribution < -0.4 is 11.3 Å². The fourth-order valence-electron chi connectivity index (χ4n) is 3.27. The number of nitrogens with one attached hydrogen (secondary N) is 1.